The predicted molar refractivity (Wildman–Crippen MR) is 102 cm³/mol. The summed E-state index contributed by atoms with van der Waals surface area (Å²) >= 11 is 9.05. The minimum atomic E-state index is 0.190. The summed E-state index contributed by atoms with van der Waals surface area (Å²) in [4.78, 5) is 17.2. The van der Waals surface area contributed by atoms with Gasteiger partial charge in [-0.05, 0) is 36.1 Å². The van der Waals surface area contributed by atoms with Crippen molar-refractivity contribution in [1.82, 2.24) is 15.2 Å². The number of thioether (sulfide) groups is 1. The Hall–Kier alpha value is -1.83. The lowest BCUT2D eigenvalue weighted by atomic mass is 10.2. The number of benzene rings is 1. The molecule has 0 unspecified atom stereocenters. The molecule has 0 atom stereocenters. The number of aromatic nitrogens is 3. The Morgan fingerprint density at radius 1 is 1.40 bits per heavy atom. The number of nitrogens with one attached hydrogen (secondary N) is 1. The molecule has 2 aromatic heterocycles. The van der Waals surface area contributed by atoms with E-state index in [4.69, 9.17) is 16.3 Å². The Morgan fingerprint density at radius 3 is 3.04 bits per heavy atom. The summed E-state index contributed by atoms with van der Waals surface area (Å²) in [5.41, 5.74) is 0.766. The monoisotopic (exact) mass is 393 g/mol. The summed E-state index contributed by atoms with van der Waals surface area (Å²) in [6.07, 6.45) is 1.32. The number of hydrogen-bond acceptors (Lipinski definition) is 6. The van der Waals surface area contributed by atoms with E-state index in [0.29, 0.717) is 28.2 Å². The maximum atomic E-state index is 11.9. The number of carbonyl (C=O) groups is 1. The molecule has 0 amide bonds. The number of H-pyrrole nitrogens is 1. The van der Waals surface area contributed by atoms with E-state index in [0.717, 1.165) is 22.6 Å². The van der Waals surface area contributed by atoms with E-state index in [1.54, 1.807) is 25.3 Å². The molecule has 0 fully saturated rings. The molecular formula is C17H16ClN3O2S2. The van der Waals surface area contributed by atoms with Crippen LogP contribution in [0.25, 0.3) is 11.4 Å². The molecule has 5 nitrogen and oxygen atoms in total. The number of aromatic amines is 1. The van der Waals surface area contributed by atoms with E-state index in [1.165, 1.54) is 23.1 Å². The number of hydrogen-bond donors (Lipinski definition) is 1. The Labute approximate surface area is 158 Å². The third kappa shape index (κ3) is 4.62. The zero-order valence-corrected chi connectivity index (χ0v) is 15.9. The van der Waals surface area contributed by atoms with Gasteiger partial charge in [0.25, 0.3) is 0 Å². The van der Waals surface area contributed by atoms with Crippen molar-refractivity contribution in [2.75, 3.05) is 12.9 Å². The maximum Gasteiger partial charge on any atom is 0.208 e. The summed E-state index contributed by atoms with van der Waals surface area (Å²) in [6, 6.07) is 9.10. The van der Waals surface area contributed by atoms with Crippen LogP contribution in [0, 0.1) is 0 Å². The van der Waals surface area contributed by atoms with E-state index in [2.05, 4.69) is 15.2 Å². The molecule has 0 aliphatic heterocycles. The highest BCUT2D eigenvalue weighted by Gasteiger charge is 2.12. The Morgan fingerprint density at radius 2 is 2.28 bits per heavy atom. The molecule has 8 heteroatoms. The second-order valence-corrected chi connectivity index (χ2v) is 7.61. The van der Waals surface area contributed by atoms with Crippen molar-refractivity contribution in [3.05, 3.63) is 45.6 Å². The van der Waals surface area contributed by atoms with Gasteiger partial charge in [0.05, 0.1) is 17.6 Å². The zero-order chi connectivity index (χ0) is 17.6. The van der Waals surface area contributed by atoms with Gasteiger partial charge in [-0.3, -0.25) is 9.89 Å². The lowest BCUT2D eigenvalue weighted by Gasteiger charge is -2.05. The van der Waals surface area contributed by atoms with Crippen molar-refractivity contribution in [3.8, 4) is 17.1 Å². The van der Waals surface area contributed by atoms with Gasteiger partial charge < -0.3 is 4.74 Å². The molecule has 3 aromatic rings. The van der Waals surface area contributed by atoms with Crippen LogP contribution in [-0.4, -0.2) is 33.8 Å². The van der Waals surface area contributed by atoms with E-state index in [-0.39, 0.29) is 5.78 Å². The molecule has 3 rings (SSSR count). The molecule has 25 heavy (non-hydrogen) atoms. The van der Waals surface area contributed by atoms with Crippen LogP contribution in [0.4, 0.5) is 0 Å². The maximum absolute atomic E-state index is 11.9. The molecule has 0 aliphatic carbocycles. The first kappa shape index (κ1) is 18.0. The third-order valence-electron chi connectivity index (χ3n) is 3.46. The highest BCUT2D eigenvalue weighted by Crippen LogP contribution is 2.31. The van der Waals surface area contributed by atoms with Gasteiger partial charge in [-0.15, -0.1) is 16.4 Å². The largest absolute Gasteiger partial charge is 0.496 e. The number of nitrogens with zero attached hydrogens (tertiary/aromatic N) is 2. The molecule has 0 spiro atoms. The Kier molecular flexibility index (Phi) is 6.12. The predicted octanol–water partition coefficient (Wildman–Crippen LogP) is 4.95. The first-order chi connectivity index (χ1) is 12.2. The van der Waals surface area contributed by atoms with Crippen LogP contribution in [0.15, 0.2) is 40.9 Å². The number of carbonyl (C=O) groups excluding carboxylic acids is 1. The number of Topliss-reactive ketones (excluding diaryl/α,β-unsaturated/α-hetero) is 1. The summed E-state index contributed by atoms with van der Waals surface area (Å²) in [5.74, 6) is 2.26. The van der Waals surface area contributed by atoms with Crippen LogP contribution < -0.4 is 4.74 Å². The number of methoxy groups -OCH3 is 1. The van der Waals surface area contributed by atoms with Crippen molar-refractivity contribution in [2.45, 2.75) is 18.0 Å². The minimum absolute atomic E-state index is 0.190. The summed E-state index contributed by atoms with van der Waals surface area (Å²) in [5, 5.41) is 10.3. The second-order valence-electron chi connectivity index (χ2n) is 5.16. The van der Waals surface area contributed by atoms with Crippen LogP contribution >= 0.6 is 34.7 Å². The molecule has 1 aromatic carbocycles. The fourth-order valence-electron chi connectivity index (χ4n) is 2.25. The van der Waals surface area contributed by atoms with Crippen molar-refractivity contribution in [3.63, 3.8) is 0 Å². The number of ketones is 1. The van der Waals surface area contributed by atoms with Gasteiger partial charge in [0.15, 0.2) is 11.6 Å². The Balaban J connectivity index is 1.55. The quantitative estimate of drug-likeness (QED) is 0.333. The normalized spacial score (nSPS) is 10.8. The van der Waals surface area contributed by atoms with Crippen molar-refractivity contribution in [2.24, 2.45) is 0 Å². The van der Waals surface area contributed by atoms with Gasteiger partial charge in [0, 0.05) is 17.2 Å². The van der Waals surface area contributed by atoms with Gasteiger partial charge in [-0.2, -0.15) is 0 Å². The molecule has 0 saturated carbocycles. The lowest BCUT2D eigenvalue weighted by Crippen LogP contribution is -1.96. The fourth-order valence-corrected chi connectivity index (χ4v) is 3.86. The van der Waals surface area contributed by atoms with Crippen LogP contribution in [0.1, 0.15) is 22.5 Å². The number of halogens is 1. The van der Waals surface area contributed by atoms with Gasteiger partial charge in [-0.1, -0.05) is 29.4 Å². The Bertz CT molecular complexity index is 849. The number of thiophene rings is 1. The lowest BCUT2D eigenvalue weighted by molar-refractivity contribution is 0.0986. The molecular weight excluding hydrogens is 378 g/mol. The van der Waals surface area contributed by atoms with Crippen LogP contribution in [0.5, 0.6) is 5.75 Å². The first-order valence-electron chi connectivity index (χ1n) is 7.63. The molecule has 0 saturated heterocycles. The average Bonchev–Trinajstić information content (AvgIpc) is 3.30. The van der Waals surface area contributed by atoms with Crippen molar-refractivity contribution >= 4 is 40.5 Å². The first-order valence-corrected chi connectivity index (χ1v) is 9.87. The number of rotatable bonds is 8. The summed E-state index contributed by atoms with van der Waals surface area (Å²) in [7, 11) is 1.60. The van der Waals surface area contributed by atoms with Crippen LogP contribution in [0.3, 0.4) is 0 Å². The van der Waals surface area contributed by atoms with E-state index in [9.17, 15) is 4.79 Å². The van der Waals surface area contributed by atoms with E-state index < -0.39 is 0 Å². The topological polar surface area (TPSA) is 67.9 Å². The average molecular weight is 394 g/mol. The second kappa shape index (κ2) is 8.51. The van der Waals surface area contributed by atoms with Gasteiger partial charge in [0.2, 0.25) is 5.16 Å². The standard InChI is InChI=1S/C17H16ClN3O2S2/c1-23-14-7-6-11(18)10-12(14)16-19-17(21-20-16)25-9-2-4-13(22)15-5-3-8-24-15/h3,5-8,10H,2,4,9H2,1H3,(H,19,20,21). The molecule has 0 radical (unpaired) electrons. The van der Waals surface area contributed by atoms with Crippen molar-refractivity contribution in [1.29, 1.82) is 0 Å². The van der Waals surface area contributed by atoms with Crippen LogP contribution in [0.2, 0.25) is 5.02 Å². The molecule has 130 valence electrons. The molecule has 2 heterocycles. The smallest absolute Gasteiger partial charge is 0.208 e. The zero-order valence-electron chi connectivity index (χ0n) is 13.5. The summed E-state index contributed by atoms with van der Waals surface area (Å²) < 4.78 is 5.33. The molecule has 0 aliphatic rings. The SMILES string of the molecule is COc1ccc(Cl)cc1-c1nc(SCCCC(=O)c2cccs2)n[nH]1. The fraction of sp³-hybridized carbons (Fsp3) is 0.235. The highest BCUT2D eigenvalue weighted by atomic mass is 35.5. The molecule has 1 N–H and O–H groups in total. The third-order valence-corrected chi connectivity index (χ3v) is 5.54. The summed E-state index contributed by atoms with van der Waals surface area (Å²) in [6.45, 7) is 0. The van der Waals surface area contributed by atoms with Crippen LogP contribution in [-0.2, 0) is 0 Å². The minimum Gasteiger partial charge on any atom is -0.496 e. The van der Waals surface area contributed by atoms with Gasteiger partial charge in [-0.25, -0.2) is 4.98 Å². The van der Waals surface area contributed by atoms with Crippen molar-refractivity contribution < 1.29 is 9.53 Å². The van der Waals surface area contributed by atoms with Gasteiger partial charge in [0.1, 0.15) is 5.75 Å². The van der Waals surface area contributed by atoms with E-state index >= 15 is 0 Å². The van der Waals surface area contributed by atoms with E-state index in [1.807, 2.05) is 17.5 Å². The highest BCUT2D eigenvalue weighted by molar-refractivity contribution is 7.99. The number of ether oxygens (including phenoxy) is 1. The molecule has 0 bridgehead atoms. The van der Waals surface area contributed by atoms with Gasteiger partial charge >= 0.3 is 0 Å².